The molecule has 1 aliphatic heterocycles. The number of benzene rings is 3. The summed E-state index contributed by atoms with van der Waals surface area (Å²) in [6, 6.07) is 15.4. The van der Waals surface area contributed by atoms with Crippen LogP contribution >= 0.6 is 11.6 Å². The van der Waals surface area contributed by atoms with E-state index in [1.165, 1.54) is 24.3 Å². The molecule has 8 heteroatoms. The second-order valence-corrected chi connectivity index (χ2v) is 7.41. The van der Waals surface area contributed by atoms with Crippen LogP contribution in [0.25, 0.3) is 11.1 Å². The highest BCUT2D eigenvalue weighted by Crippen LogP contribution is 2.33. The smallest absolute Gasteiger partial charge is 0.475 e. The van der Waals surface area contributed by atoms with Crippen molar-refractivity contribution in [2.24, 2.45) is 4.99 Å². The Morgan fingerprint density at radius 3 is 2.39 bits per heavy atom. The van der Waals surface area contributed by atoms with Crippen LogP contribution in [0.2, 0.25) is 5.02 Å². The van der Waals surface area contributed by atoms with Gasteiger partial charge >= 0.3 is 6.36 Å². The Labute approximate surface area is 180 Å². The van der Waals surface area contributed by atoms with Gasteiger partial charge in [0.05, 0.1) is 10.6 Å². The molecule has 160 valence electrons. The highest BCUT2D eigenvalue weighted by atomic mass is 35.5. The number of alkyl halides is 3. The first-order chi connectivity index (χ1) is 14.7. The van der Waals surface area contributed by atoms with Gasteiger partial charge in [-0.15, -0.1) is 13.2 Å². The summed E-state index contributed by atoms with van der Waals surface area (Å²) in [4.78, 5) is 4.51. The lowest BCUT2D eigenvalue weighted by molar-refractivity contribution is -0.274. The van der Waals surface area contributed by atoms with Crippen molar-refractivity contribution in [1.82, 2.24) is 0 Å². The second-order valence-electron chi connectivity index (χ2n) is 7.00. The molecule has 0 saturated carbocycles. The second kappa shape index (κ2) is 8.23. The summed E-state index contributed by atoms with van der Waals surface area (Å²) in [6.45, 7) is 2.16. The minimum absolute atomic E-state index is 0.141. The first-order valence-corrected chi connectivity index (χ1v) is 9.71. The van der Waals surface area contributed by atoms with Gasteiger partial charge in [0.2, 0.25) is 5.90 Å². The van der Waals surface area contributed by atoms with Gasteiger partial charge in [-0.3, -0.25) is 0 Å². The zero-order valence-corrected chi connectivity index (χ0v) is 17.0. The third-order valence-corrected chi connectivity index (χ3v) is 5.19. The van der Waals surface area contributed by atoms with Crippen molar-refractivity contribution in [3.63, 3.8) is 0 Å². The van der Waals surface area contributed by atoms with Crippen molar-refractivity contribution < 1.29 is 27.0 Å². The van der Waals surface area contributed by atoms with Gasteiger partial charge in [-0.2, -0.15) is 0 Å². The maximum Gasteiger partial charge on any atom is 0.573 e. The van der Waals surface area contributed by atoms with Crippen LogP contribution in [0.3, 0.4) is 0 Å². The predicted molar refractivity (Wildman–Crippen MR) is 110 cm³/mol. The van der Waals surface area contributed by atoms with Crippen LogP contribution in [0.1, 0.15) is 22.7 Å². The number of aryl methyl sites for hydroxylation is 1. The molecule has 0 aliphatic carbocycles. The van der Waals surface area contributed by atoms with Gasteiger partial charge in [0.25, 0.3) is 0 Å². The SMILES string of the molecule is Cc1cc(-c2ccc(OC(F)(F)F)cc2)ccc1C1COC(c2c(F)cccc2Cl)=N1. The number of rotatable bonds is 4. The van der Waals surface area contributed by atoms with Crippen LogP contribution in [-0.2, 0) is 4.74 Å². The van der Waals surface area contributed by atoms with Crippen LogP contribution in [0, 0.1) is 12.7 Å². The normalized spacial score (nSPS) is 16.1. The molecule has 1 aliphatic rings. The quantitative estimate of drug-likeness (QED) is 0.407. The minimum atomic E-state index is -4.73. The van der Waals surface area contributed by atoms with Gasteiger partial charge in [-0.25, -0.2) is 9.38 Å². The third-order valence-electron chi connectivity index (χ3n) is 4.88. The molecule has 1 unspecified atom stereocenters. The van der Waals surface area contributed by atoms with E-state index in [1.807, 2.05) is 25.1 Å². The molecule has 0 N–H and O–H groups in total. The maximum absolute atomic E-state index is 14.2. The lowest BCUT2D eigenvalue weighted by Gasteiger charge is -2.12. The molecular formula is C23H16ClF4NO2. The third kappa shape index (κ3) is 4.66. The largest absolute Gasteiger partial charge is 0.573 e. The summed E-state index contributed by atoms with van der Waals surface area (Å²) in [7, 11) is 0. The molecule has 3 aromatic rings. The Balaban J connectivity index is 1.56. The molecule has 1 atom stereocenters. The summed E-state index contributed by atoms with van der Waals surface area (Å²) in [5.41, 5.74) is 3.55. The van der Waals surface area contributed by atoms with E-state index in [9.17, 15) is 17.6 Å². The molecule has 0 fully saturated rings. The molecule has 0 radical (unpaired) electrons. The van der Waals surface area contributed by atoms with E-state index >= 15 is 0 Å². The van der Waals surface area contributed by atoms with Crippen LogP contribution in [-0.4, -0.2) is 18.9 Å². The number of nitrogens with zero attached hydrogens (tertiary/aromatic N) is 1. The molecule has 31 heavy (non-hydrogen) atoms. The van der Waals surface area contributed by atoms with E-state index in [0.29, 0.717) is 0 Å². The van der Waals surface area contributed by atoms with Crippen molar-refractivity contribution in [2.75, 3.05) is 6.61 Å². The zero-order chi connectivity index (χ0) is 22.2. The highest BCUT2D eigenvalue weighted by molar-refractivity contribution is 6.33. The molecule has 0 spiro atoms. The standard InChI is InChI=1S/C23H16ClF4NO2/c1-13-11-15(14-5-8-16(9-6-14)31-23(26,27)28)7-10-17(13)20-12-30-22(29-20)21-18(24)3-2-4-19(21)25/h2-11,20H,12H2,1H3. The van der Waals surface area contributed by atoms with Crippen LogP contribution in [0.4, 0.5) is 17.6 Å². The topological polar surface area (TPSA) is 30.8 Å². The van der Waals surface area contributed by atoms with Gasteiger partial charge in [0, 0.05) is 0 Å². The average Bonchev–Trinajstić information content (AvgIpc) is 3.16. The molecule has 0 aromatic heterocycles. The molecular weight excluding hydrogens is 434 g/mol. The van der Waals surface area contributed by atoms with E-state index in [0.717, 1.165) is 22.3 Å². The summed E-state index contributed by atoms with van der Waals surface area (Å²) in [5, 5.41) is 0.226. The Morgan fingerprint density at radius 1 is 1.03 bits per heavy atom. The molecule has 0 amide bonds. The van der Waals surface area contributed by atoms with E-state index < -0.39 is 12.2 Å². The highest BCUT2D eigenvalue weighted by Gasteiger charge is 2.31. The lowest BCUT2D eigenvalue weighted by atomic mass is 9.96. The fourth-order valence-corrected chi connectivity index (χ4v) is 3.69. The van der Waals surface area contributed by atoms with E-state index in [4.69, 9.17) is 16.3 Å². The van der Waals surface area contributed by atoms with Crippen LogP contribution in [0.15, 0.2) is 65.7 Å². The Morgan fingerprint density at radius 2 is 1.74 bits per heavy atom. The number of hydrogen-bond donors (Lipinski definition) is 0. The Hall–Kier alpha value is -3.06. The average molecular weight is 450 g/mol. The van der Waals surface area contributed by atoms with Crippen molar-refractivity contribution in [1.29, 1.82) is 0 Å². The number of halogens is 5. The number of ether oxygens (including phenoxy) is 2. The van der Waals surface area contributed by atoms with Crippen molar-refractivity contribution in [3.8, 4) is 16.9 Å². The lowest BCUT2D eigenvalue weighted by Crippen LogP contribution is -2.16. The molecule has 0 bridgehead atoms. The van der Waals surface area contributed by atoms with Gasteiger partial charge in [0.15, 0.2) is 0 Å². The van der Waals surface area contributed by atoms with E-state index in [1.54, 1.807) is 18.2 Å². The van der Waals surface area contributed by atoms with Gasteiger partial charge in [-0.1, -0.05) is 48.0 Å². The predicted octanol–water partition coefficient (Wildman–Crippen LogP) is 6.87. The first kappa shape index (κ1) is 21.2. The van der Waals surface area contributed by atoms with Gasteiger partial charge in [0.1, 0.15) is 24.2 Å². The number of aliphatic imine (C=N–C) groups is 1. The van der Waals surface area contributed by atoms with E-state index in [-0.39, 0.29) is 34.9 Å². The summed E-state index contributed by atoms with van der Waals surface area (Å²) in [5.74, 6) is -0.616. The van der Waals surface area contributed by atoms with Gasteiger partial charge < -0.3 is 9.47 Å². The summed E-state index contributed by atoms with van der Waals surface area (Å²) >= 11 is 6.10. The minimum Gasteiger partial charge on any atom is -0.475 e. The maximum atomic E-state index is 14.2. The molecule has 4 rings (SSSR count). The summed E-state index contributed by atoms with van der Waals surface area (Å²) < 4.78 is 60.6. The monoisotopic (exact) mass is 449 g/mol. The Bertz CT molecular complexity index is 1120. The van der Waals surface area contributed by atoms with E-state index in [2.05, 4.69) is 9.73 Å². The van der Waals surface area contributed by atoms with Crippen molar-refractivity contribution in [3.05, 3.63) is 88.2 Å². The van der Waals surface area contributed by atoms with Crippen molar-refractivity contribution >= 4 is 17.5 Å². The Kier molecular flexibility index (Phi) is 5.62. The summed E-state index contributed by atoms with van der Waals surface area (Å²) in [6.07, 6.45) is -4.73. The van der Waals surface area contributed by atoms with Crippen LogP contribution < -0.4 is 4.74 Å². The van der Waals surface area contributed by atoms with Crippen LogP contribution in [0.5, 0.6) is 5.75 Å². The first-order valence-electron chi connectivity index (χ1n) is 9.33. The zero-order valence-electron chi connectivity index (χ0n) is 16.2. The molecule has 0 saturated heterocycles. The fraction of sp³-hybridized carbons (Fsp3) is 0.174. The molecule has 1 heterocycles. The van der Waals surface area contributed by atoms with Gasteiger partial charge in [-0.05, 0) is 53.4 Å². The number of hydrogen-bond acceptors (Lipinski definition) is 3. The molecule has 3 nitrogen and oxygen atoms in total. The fourth-order valence-electron chi connectivity index (χ4n) is 3.45. The molecule has 3 aromatic carbocycles. The van der Waals surface area contributed by atoms with Crippen molar-refractivity contribution in [2.45, 2.75) is 19.3 Å².